The van der Waals surface area contributed by atoms with Gasteiger partial charge in [0.25, 0.3) is 0 Å². The Balaban J connectivity index is 5.49. The van der Waals surface area contributed by atoms with Gasteiger partial charge < -0.3 is 4.57 Å². The first-order valence-electron chi connectivity index (χ1n) is 6.82. The maximum Gasteiger partial charge on any atom is 0.136 e. The largest absolute Gasteiger partial charge is 0.316 e. The SMILES string of the molecule is C=CCN(CC=C)[Si](C(C)C)(C(C)C)C(C)C. The molecule has 0 N–H and O–H groups in total. The Kier molecular flexibility index (Phi) is 7.03. The zero-order valence-corrected chi connectivity index (χ0v) is 13.7. The first-order chi connectivity index (χ1) is 7.85. The van der Waals surface area contributed by atoms with E-state index in [1.807, 2.05) is 12.2 Å². The van der Waals surface area contributed by atoms with E-state index in [1.165, 1.54) is 0 Å². The molecule has 0 rings (SSSR count). The van der Waals surface area contributed by atoms with Gasteiger partial charge >= 0.3 is 0 Å². The Morgan fingerprint density at radius 3 is 1.29 bits per heavy atom. The summed E-state index contributed by atoms with van der Waals surface area (Å²) in [6.07, 6.45) is 4.08. The van der Waals surface area contributed by atoms with Gasteiger partial charge in [-0.3, -0.25) is 0 Å². The second-order valence-electron chi connectivity index (χ2n) is 5.83. The molecule has 0 aromatic carbocycles. The molecule has 0 heterocycles. The molecule has 0 aliphatic heterocycles. The van der Waals surface area contributed by atoms with E-state index >= 15 is 0 Å². The highest BCUT2D eigenvalue weighted by Crippen LogP contribution is 2.43. The first kappa shape index (κ1) is 16.7. The first-order valence-corrected chi connectivity index (χ1v) is 9.00. The third kappa shape index (κ3) is 3.32. The van der Waals surface area contributed by atoms with Crippen LogP contribution in [0.4, 0.5) is 0 Å². The highest BCUT2D eigenvalue weighted by molar-refractivity contribution is 6.81. The highest BCUT2D eigenvalue weighted by Gasteiger charge is 2.47. The van der Waals surface area contributed by atoms with Crippen LogP contribution in [0, 0.1) is 0 Å². The molecule has 1 nitrogen and oxygen atoms in total. The van der Waals surface area contributed by atoms with E-state index in [2.05, 4.69) is 59.3 Å². The molecule has 0 unspecified atom stereocenters. The molecular weight excluding hydrogens is 222 g/mol. The third-order valence-electron chi connectivity index (χ3n) is 4.02. The van der Waals surface area contributed by atoms with Gasteiger partial charge in [-0.1, -0.05) is 53.7 Å². The van der Waals surface area contributed by atoms with Crippen LogP contribution in [0.15, 0.2) is 25.3 Å². The van der Waals surface area contributed by atoms with Gasteiger partial charge in [0, 0.05) is 13.1 Å². The Hall–Kier alpha value is -0.343. The van der Waals surface area contributed by atoms with E-state index < -0.39 is 8.24 Å². The summed E-state index contributed by atoms with van der Waals surface area (Å²) in [5.74, 6) is 0. The minimum absolute atomic E-state index is 0.752. The van der Waals surface area contributed by atoms with Crippen LogP contribution in [-0.2, 0) is 0 Å². The number of hydrogen-bond acceptors (Lipinski definition) is 1. The van der Waals surface area contributed by atoms with Crippen LogP contribution in [0.1, 0.15) is 41.5 Å². The molecule has 0 aliphatic rings. The van der Waals surface area contributed by atoms with Crippen molar-refractivity contribution in [2.75, 3.05) is 13.1 Å². The van der Waals surface area contributed by atoms with E-state index in [1.54, 1.807) is 0 Å². The van der Waals surface area contributed by atoms with Crippen molar-refractivity contribution in [1.82, 2.24) is 4.57 Å². The van der Waals surface area contributed by atoms with Gasteiger partial charge in [-0.05, 0) is 16.6 Å². The van der Waals surface area contributed by atoms with Crippen molar-refractivity contribution in [2.45, 2.75) is 58.2 Å². The Bertz CT molecular complexity index is 212. The summed E-state index contributed by atoms with van der Waals surface area (Å²) in [6.45, 7) is 24.2. The maximum absolute atomic E-state index is 3.92. The predicted molar refractivity (Wildman–Crippen MR) is 83.0 cm³/mol. The summed E-state index contributed by atoms with van der Waals surface area (Å²) in [6, 6.07) is 0. The fourth-order valence-corrected chi connectivity index (χ4v) is 10.9. The Labute approximate surface area is 110 Å². The van der Waals surface area contributed by atoms with Crippen molar-refractivity contribution >= 4 is 8.24 Å². The molecule has 0 radical (unpaired) electrons. The van der Waals surface area contributed by atoms with Crippen LogP contribution in [0.5, 0.6) is 0 Å². The van der Waals surface area contributed by atoms with Gasteiger partial charge in [0.05, 0.1) is 0 Å². The zero-order valence-electron chi connectivity index (χ0n) is 12.7. The lowest BCUT2D eigenvalue weighted by atomic mass is 10.5. The quantitative estimate of drug-likeness (QED) is 0.442. The molecular formula is C15H31NSi. The molecule has 0 aliphatic carbocycles. The van der Waals surface area contributed by atoms with Gasteiger partial charge in [-0.2, -0.15) is 0 Å². The smallest absolute Gasteiger partial charge is 0.136 e. The molecule has 0 saturated carbocycles. The van der Waals surface area contributed by atoms with Crippen LogP contribution in [-0.4, -0.2) is 25.9 Å². The molecule has 0 aromatic rings. The molecule has 0 spiro atoms. The summed E-state index contributed by atoms with van der Waals surface area (Å²) in [4.78, 5) is 0. The summed E-state index contributed by atoms with van der Waals surface area (Å²) in [5.41, 5.74) is 2.26. The van der Waals surface area contributed by atoms with Crippen LogP contribution in [0.3, 0.4) is 0 Å². The van der Waals surface area contributed by atoms with E-state index in [4.69, 9.17) is 0 Å². The molecule has 0 aromatic heterocycles. The zero-order chi connectivity index (χ0) is 13.6. The lowest BCUT2D eigenvalue weighted by molar-refractivity contribution is 0.464. The van der Waals surface area contributed by atoms with Crippen molar-refractivity contribution in [3.63, 3.8) is 0 Å². The lowest BCUT2D eigenvalue weighted by Gasteiger charge is -2.50. The van der Waals surface area contributed by atoms with Crippen molar-refractivity contribution < 1.29 is 0 Å². The lowest BCUT2D eigenvalue weighted by Crippen LogP contribution is -2.60. The molecule has 0 amide bonds. The Morgan fingerprint density at radius 1 is 0.824 bits per heavy atom. The van der Waals surface area contributed by atoms with E-state index in [0.29, 0.717) is 0 Å². The van der Waals surface area contributed by atoms with Gasteiger partial charge in [0.15, 0.2) is 0 Å². The average molecular weight is 254 g/mol. The van der Waals surface area contributed by atoms with E-state index in [0.717, 1.165) is 29.7 Å². The molecule has 0 bridgehead atoms. The van der Waals surface area contributed by atoms with Gasteiger partial charge in [-0.15, -0.1) is 13.2 Å². The minimum atomic E-state index is -1.51. The molecule has 17 heavy (non-hydrogen) atoms. The molecule has 0 fully saturated rings. The second kappa shape index (κ2) is 7.17. The Morgan fingerprint density at radius 2 is 1.12 bits per heavy atom. The van der Waals surface area contributed by atoms with Crippen LogP contribution < -0.4 is 0 Å². The van der Waals surface area contributed by atoms with Gasteiger partial charge in [0.1, 0.15) is 8.24 Å². The molecule has 0 atom stereocenters. The van der Waals surface area contributed by atoms with E-state index in [9.17, 15) is 0 Å². The van der Waals surface area contributed by atoms with Crippen molar-refractivity contribution in [3.05, 3.63) is 25.3 Å². The standard InChI is InChI=1S/C15H31NSi/c1-9-11-16(12-10-2)17(13(3)4,14(5)6)15(7)8/h9-10,13-15H,1-2,11-12H2,3-8H3. The minimum Gasteiger partial charge on any atom is -0.316 e. The molecule has 0 saturated heterocycles. The summed E-state index contributed by atoms with van der Waals surface area (Å²) in [7, 11) is -1.51. The van der Waals surface area contributed by atoms with Crippen molar-refractivity contribution in [1.29, 1.82) is 0 Å². The van der Waals surface area contributed by atoms with Crippen LogP contribution >= 0.6 is 0 Å². The summed E-state index contributed by atoms with van der Waals surface area (Å²) < 4.78 is 2.67. The van der Waals surface area contributed by atoms with E-state index in [-0.39, 0.29) is 0 Å². The van der Waals surface area contributed by atoms with Crippen LogP contribution in [0.25, 0.3) is 0 Å². The van der Waals surface area contributed by atoms with Crippen LogP contribution in [0.2, 0.25) is 16.6 Å². The highest BCUT2D eigenvalue weighted by atomic mass is 28.3. The number of hydrogen-bond donors (Lipinski definition) is 0. The van der Waals surface area contributed by atoms with Crippen molar-refractivity contribution in [3.8, 4) is 0 Å². The predicted octanol–water partition coefficient (Wildman–Crippen LogP) is 4.84. The normalized spacial score (nSPS) is 12.8. The average Bonchev–Trinajstić information content (AvgIpc) is 2.17. The van der Waals surface area contributed by atoms with Gasteiger partial charge in [0.2, 0.25) is 0 Å². The fraction of sp³-hybridized carbons (Fsp3) is 0.733. The fourth-order valence-electron chi connectivity index (χ4n) is 3.80. The molecule has 100 valence electrons. The van der Waals surface area contributed by atoms with Gasteiger partial charge in [-0.25, -0.2) is 0 Å². The monoisotopic (exact) mass is 253 g/mol. The number of nitrogens with zero attached hydrogens (tertiary/aromatic N) is 1. The maximum atomic E-state index is 3.92. The summed E-state index contributed by atoms with van der Waals surface area (Å²) >= 11 is 0. The molecule has 2 heteroatoms. The topological polar surface area (TPSA) is 3.24 Å². The van der Waals surface area contributed by atoms with Crippen molar-refractivity contribution in [2.24, 2.45) is 0 Å². The second-order valence-corrected chi connectivity index (χ2v) is 11.7. The third-order valence-corrected chi connectivity index (χ3v) is 11.0. The summed E-state index contributed by atoms with van der Waals surface area (Å²) in [5, 5.41) is 0. The number of rotatable bonds is 8.